The molecule has 2 saturated heterocycles. The molecule has 2 heterocycles. The molecule has 1 aromatic rings. The van der Waals surface area contributed by atoms with Crippen molar-refractivity contribution in [3.05, 3.63) is 29.3 Å². The van der Waals surface area contributed by atoms with E-state index in [1.807, 2.05) is 4.90 Å². The van der Waals surface area contributed by atoms with Gasteiger partial charge >= 0.3 is 0 Å². The topological polar surface area (TPSA) is 50.8 Å². The average molecular weight is 312 g/mol. The summed E-state index contributed by atoms with van der Waals surface area (Å²) in [4.78, 5) is 13.8. The standard InChI is InChI=1S/C15H18F2N2O3/c1-21-11-2-13(16)12(14(17)3-11)6-19-4-9-7-22-8-10(5-19)18-15(9)20/h2-3,9-10H,4-8H2,1H3,(H,18,20)/t9-,10+/m1/s1. The Morgan fingerprint density at radius 3 is 2.73 bits per heavy atom. The molecule has 0 saturated carbocycles. The summed E-state index contributed by atoms with van der Waals surface area (Å²) in [6.45, 7) is 1.81. The van der Waals surface area contributed by atoms with Crippen molar-refractivity contribution in [3.8, 4) is 5.75 Å². The molecule has 120 valence electrons. The molecule has 1 aromatic carbocycles. The number of nitrogens with one attached hydrogen (secondary N) is 1. The van der Waals surface area contributed by atoms with Gasteiger partial charge < -0.3 is 14.8 Å². The highest BCUT2D eigenvalue weighted by Gasteiger charge is 2.33. The number of benzene rings is 1. The minimum Gasteiger partial charge on any atom is -0.497 e. The van der Waals surface area contributed by atoms with Gasteiger partial charge in [0.05, 0.1) is 32.3 Å². The van der Waals surface area contributed by atoms with Crippen molar-refractivity contribution in [2.45, 2.75) is 12.6 Å². The molecule has 5 nitrogen and oxygen atoms in total. The van der Waals surface area contributed by atoms with Crippen molar-refractivity contribution in [3.63, 3.8) is 0 Å². The van der Waals surface area contributed by atoms with Crippen LogP contribution in [0.4, 0.5) is 8.78 Å². The smallest absolute Gasteiger partial charge is 0.227 e. The summed E-state index contributed by atoms with van der Waals surface area (Å²) in [5, 5.41) is 2.89. The average Bonchev–Trinajstić information content (AvgIpc) is 2.71. The van der Waals surface area contributed by atoms with Crippen LogP contribution < -0.4 is 10.1 Å². The summed E-state index contributed by atoms with van der Waals surface area (Å²) in [5.41, 5.74) is -0.00543. The predicted octanol–water partition coefficient (Wildman–Crippen LogP) is 0.920. The van der Waals surface area contributed by atoms with E-state index in [9.17, 15) is 13.6 Å². The Morgan fingerprint density at radius 2 is 2.05 bits per heavy atom. The van der Waals surface area contributed by atoms with Crippen LogP contribution in [0.3, 0.4) is 0 Å². The Kier molecular flexibility index (Phi) is 4.26. The van der Waals surface area contributed by atoms with E-state index in [-0.39, 0.29) is 35.7 Å². The van der Waals surface area contributed by atoms with Gasteiger partial charge in [-0.05, 0) is 0 Å². The van der Waals surface area contributed by atoms with E-state index in [0.717, 1.165) is 0 Å². The maximum Gasteiger partial charge on any atom is 0.227 e. The fourth-order valence-corrected chi connectivity index (χ4v) is 2.92. The summed E-state index contributed by atoms with van der Waals surface area (Å²) in [6, 6.07) is 2.19. The van der Waals surface area contributed by atoms with E-state index in [1.165, 1.54) is 19.2 Å². The lowest BCUT2D eigenvalue weighted by molar-refractivity contribution is -0.125. The first-order chi connectivity index (χ1) is 10.6. The maximum atomic E-state index is 14.1. The molecule has 0 radical (unpaired) electrons. The van der Waals surface area contributed by atoms with Gasteiger partial charge in [-0.25, -0.2) is 8.78 Å². The Bertz CT molecular complexity index is 559. The largest absolute Gasteiger partial charge is 0.497 e. The van der Waals surface area contributed by atoms with E-state index >= 15 is 0 Å². The first-order valence-electron chi connectivity index (χ1n) is 7.19. The molecule has 3 rings (SSSR count). The molecule has 1 amide bonds. The maximum absolute atomic E-state index is 14.1. The third kappa shape index (κ3) is 3.05. The van der Waals surface area contributed by atoms with Crippen LogP contribution in [-0.4, -0.2) is 50.3 Å². The van der Waals surface area contributed by atoms with Crippen molar-refractivity contribution >= 4 is 5.91 Å². The minimum atomic E-state index is -0.637. The van der Waals surface area contributed by atoms with Gasteiger partial charge in [-0.1, -0.05) is 0 Å². The third-order valence-electron chi connectivity index (χ3n) is 4.04. The van der Waals surface area contributed by atoms with Crippen LogP contribution in [0, 0.1) is 17.6 Å². The summed E-state index contributed by atoms with van der Waals surface area (Å²) < 4.78 is 38.4. The first kappa shape index (κ1) is 15.2. The lowest BCUT2D eigenvalue weighted by Gasteiger charge is -2.27. The molecule has 7 heteroatoms. The number of hydrogen-bond donors (Lipinski definition) is 1. The van der Waals surface area contributed by atoms with Crippen LogP contribution in [0.1, 0.15) is 5.56 Å². The van der Waals surface area contributed by atoms with E-state index in [0.29, 0.717) is 26.3 Å². The first-order valence-corrected chi connectivity index (χ1v) is 7.19. The van der Waals surface area contributed by atoms with E-state index in [1.54, 1.807) is 0 Å². The second kappa shape index (κ2) is 6.18. The number of nitrogens with zero attached hydrogens (tertiary/aromatic N) is 1. The van der Waals surface area contributed by atoms with Crippen LogP contribution in [0.25, 0.3) is 0 Å². The van der Waals surface area contributed by atoms with E-state index < -0.39 is 11.6 Å². The lowest BCUT2D eigenvalue weighted by Crippen LogP contribution is -2.41. The zero-order valence-corrected chi connectivity index (χ0v) is 12.3. The highest BCUT2D eigenvalue weighted by Crippen LogP contribution is 2.23. The SMILES string of the molecule is COc1cc(F)c(CN2C[C@H]3COC[C@@H](C2)C(=O)N3)c(F)c1. The molecule has 1 N–H and O–H groups in total. The number of fused-ring (bicyclic) bond motifs is 3. The molecule has 2 aliphatic heterocycles. The third-order valence-corrected chi connectivity index (χ3v) is 4.04. The number of amides is 1. The molecular weight excluding hydrogens is 294 g/mol. The van der Waals surface area contributed by atoms with Crippen molar-refractivity contribution in [1.82, 2.24) is 10.2 Å². The Balaban J connectivity index is 1.80. The fraction of sp³-hybridized carbons (Fsp3) is 0.533. The Hall–Kier alpha value is -1.73. The highest BCUT2D eigenvalue weighted by molar-refractivity contribution is 5.79. The molecule has 2 aliphatic rings. The van der Waals surface area contributed by atoms with Gasteiger partial charge in [0.25, 0.3) is 0 Å². The molecule has 0 unspecified atom stereocenters. The second-order valence-electron chi connectivity index (χ2n) is 5.70. The number of ether oxygens (including phenoxy) is 2. The zero-order valence-electron chi connectivity index (χ0n) is 12.3. The van der Waals surface area contributed by atoms with Crippen molar-refractivity contribution in [1.29, 1.82) is 0 Å². The van der Waals surface area contributed by atoms with Crippen LogP contribution >= 0.6 is 0 Å². The van der Waals surface area contributed by atoms with Crippen LogP contribution in [0.5, 0.6) is 5.75 Å². The number of carbonyl (C=O) groups is 1. The van der Waals surface area contributed by atoms with E-state index in [4.69, 9.17) is 9.47 Å². The van der Waals surface area contributed by atoms with Gasteiger partial charge in [0.15, 0.2) is 0 Å². The monoisotopic (exact) mass is 312 g/mol. The van der Waals surface area contributed by atoms with Gasteiger partial charge in [0, 0.05) is 37.3 Å². The van der Waals surface area contributed by atoms with Crippen LogP contribution in [-0.2, 0) is 16.1 Å². The second-order valence-corrected chi connectivity index (χ2v) is 5.70. The highest BCUT2D eigenvalue weighted by atomic mass is 19.1. The normalized spacial score (nSPS) is 25.5. The number of rotatable bonds is 3. The number of halogens is 2. The molecule has 22 heavy (non-hydrogen) atoms. The molecule has 0 aliphatic carbocycles. The van der Waals surface area contributed by atoms with Crippen molar-refractivity contribution in [2.75, 3.05) is 33.4 Å². The quantitative estimate of drug-likeness (QED) is 0.902. The van der Waals surface area contributed by atoms with Gasteiger partial charge in [0.2, 0.25) is 5.91 Å². The van der Waals surface area contributed by atoms with Crippen molar-refractivity contribution < 1.29 is 23.0 Å². The predicted molar refractivity (Wildman–Crippen MR) is 74.4 cm³/mol. The van der Waals surface area contributed by atoms with Crippen molar-refractivity contribution in [2.24, 2.45) is 5.92 Å². The van der Waals surface area contributed by atoms with Crippen LogP contribution in [0.15, 0.2) is 12.1 Å². The zero-order chi connectivity index (χ0) is 15.7. The van der Waals surface area contributed by atoms with E-state index in [2.05, 4.69) is 5.32 Å². The Labute approximate surface area is 127 Å². The number of methoxy groups -OCH3 is 1. The summed E-state index contributed by atoms with van der Waals surface area (Å²) in [6.07, 6.45) is 0. The molecule has 0 spiro atoms. The summed E-state index contributed by atoms with van der Waals surface area (Å²) >= 11 is 0. The molecule has 0 aromatic heterocycles. The minimum absolute atomic E-state index is 0.00543. The fourth-order valence-electron chi connectivity index (χ4n) is 2.92. The molecular formula is C15H18F2N2O3. The van der Waals surface area contributed by atoms with Gasteiger partial charge in [-0.3, -0.25) is 9.69 Å². The van der Waals surface area contributed by atoms with Gasteiger partial charge in [0.1, 0.15) is 17.4 Å². The summed E-state index contributed by atoms with van der Waals surface area (Å²) in [7, 11) is 1.36. The number of hydrogen-bond acceptors (Lipinski definition) is 4. The lowest BCUT2D eigenvalue weighted by atomic mass is 10.1. The van der Waals surface area contributed by atoms with Gasteiger partial charge in [-0.2, -0.15) is 0 Å². The Morgan fingerprint density at radius 1 is 1.32 bits per heavy atom. The van der Waals surface area contributed by atoms with Crippen LogP contribution in [0.2, 0.25) is 0 Å². The van der Waals surface area contributed by atoms with Gasteiger partial charge in [-0.15, -0.1) is 0 Å². The molecule has 2 fully saturated rings. The number of carbonyl (C=O) groups excluding carboxylic acids is 1. The molecule has 2 bridgehead atoms. The summed E-state index contributed by atoms with van der Waals surface area (Å²) in [5.74, 6) is -1.49. The molecule has 2 atom stereocenters.